The van der Waals surface area contributed by atoms with Crippen LogP contribution >= 0.6 is 0 Å². The van der Waals surface area contributed by atoms with Gasteiger partial charge in [0.1, 0.15) is 0 Å². The minimum Gasteiger partial charge on any atom is -0.355 e. The lowest BCUT2D eigenvalue weighted by molar-refractivity contribution is 0.0887. The van der Waals surface area contributed by atoms with Crippen LogP contribution in [0, 0.1) is 0 Å². The molecule has 1 aliphatic rings. The van der Waals surface area contributed by atoms with Crippen LogP contribution in [0.5, 0.6) is 0 Å². The fourth-order valence-electron chi connectivity index (χ4n) is 4.10. The molecule has 1 aliphatic heterocycles. The molecule has 0 spiro atoms. The largest absolute Gasteiger partial charge is 0.355 e. The zero-order valence-electron chi connectivity index (χ0n) is 16.1. The van der Waals surface area contributed by atoms with Gasteiger partial charge in [-0.05, 0) is 35.0 Å². The van der Waals surface area contributed by atoms with E-state index in [9.17, 15) is 9.59 Å². The monoisotopic (exact) mass is 399 g/mol. The molecule has 5 rings (SSSR count). The summed E-state index contributed by atoms with van der Waals surface area (Å²) in [6.45, 7) is 0. The van der Waals surface area contributed by atoms with Crippen molar-refractivity contribution in [2.24, 2.45) is 0 Å². The Kier molecular flexibility index (Phi) is 4.07. The number of rotatable bonds is 2. The van der Waals surface area contributed by atoms with Crippen molar-refractivity contribution in [3.8, 4) is 0 Å². The first-order chi connectivity index (χ1) is 14.1. The van der Waals surface area contributed by atoms with Gasteiger partial charge in [0.05, 0.1) is 28.9 Å². The van der Waals surface area contributed by atoms with Gasteiger partial charge in [-0.25, -0.2) is 0 Å². The van der Waals surface area contributed by atoms with E-state index in [1.54, 1.807) is 7.05 Å². The molecule has 1 unspecified atom stereocenters. The van der Waals surface area contributed by atoms with Crippen molar-refractivity contribution in [3.63, 3.8) is 0 Å². The van der Waals surface area contributed by atoms with Crippen molar-refractivity contribution in [2.45, 2.75) is 9.79 Å². The van der Waals surface area contributed by atoms with Crippen LogP contribution in [-0.2, 0) is 11.1 Å². The van der Waals surface area contributed by atoms with E-state index in [1.165, 1.54) is 0 Å². The van der Waals surface area contributed by atoms with E-state index < -0.39 is 11.1 Å². The second-order valence-electron chi connectivity index (χ2n) is 6.99. The predicted molar refractivity (Wildman–Crippen MR) is 117 cm³/mol. The van der Waals surface area contributed by atoms with E-state index in [2.05, 4.69) is 11.4 Å². The molecule has 0 saturated heterocycles. The molecule has 0 radical (unpaired) electrons. The number of hydrogen-bond donors (Lipinski definition) is 1. The van der Waals surface area contributed by atoms with Crippen molar-refractivity contribution < 1.29 is 9.59 Å². The second-order valence-corrected chi connectivity index (χ2v) is 8.98. The lowest BCUT2D eigenvalue weighted by Crippen LogP contribution is -2.37. The molecule has 0 aromatic heterocycles. The predicted octanol–water partition coefficient (Wildman–Crippen LogP) is 4.39. The van der Waals surface area contributed by atoms with E-state index in [-0.39, 0.29) is 11.8 Å². The normalized spacial score (nSPS) is 15.7. The third-order valence-corrected chi connectivity index (χ3v) is 7.64. The Hall–Kier alpha value is -3.31. The van der Waals surface area contributed by atoms with Crippen molar-refractivity contribution in [1.29, 1.82) is 0 Å². The molecule has 5 heteroatoms. The third kappa shape index (κ3) is 2.54. The van der Waals surface area contributed by atoms with Gasteiger partial charge in [-0.1, -0.05) is 48.5 Å². The summed E-state index contributed by atoms with van der Waals surface area (Å²) < 4.78 is 1.81. The van der Waals surface area contributed by atoms with Gasteiger partial charge in [-0.2, -0.15) is 0 Å². The van der Waals surface area contributed by atoms with Gasteiger partial charge in [0.15, 0.2) is 20.9 Å². The molecule has 1 atom stereocenters. The van der Waals surface area contributed by atoms with Gasteiger partial charge in [-0.3, -0.25) is 9.59 Å². The Morgan fingerprint density at radius 2 is 1.38 bits per heavy atom. The van der Waals surface area contributed by atoms with E-state index in [1.807, 2.05) is 78.1 Å². The summed E-state index contributed by atoms with van der Waals surface area (Å²) in [7, 11) is 3.49. The molecule has 29 heavy (non-hydrogen) atoms. The van der Waals surface area contributed by atoms with E-state index in [4.69, 9.17) is 0 Å². The van der Waals surface area contributed by atoms with Gasteiger partial charge in [0.2, 0.25) is 0 Å². The number of carbonyl (C=O) groups excluding carboxylic acids is 2. The van der Waals surface area contributed by atoms with Crippen molar-refractivity contribution >= 4 is 44.4 Å². The van der Waals surface area contributed by atoms with E-state index in [0.717, 1.165) is 36.9 Å². The van der Waals surface area contributed by atoms with Gasteiger partial charge < -0.3 is 5.32 Å². The Morgan fingerprint density at radius 3 is 2.03 bits per heavy atom. The number of hydrogen-bond acceptors (Lipinski definition) is 2. The van der Waals surface area contributed by atoms with Crippen molar-refractivity contribution in [3.05, 3.63) is 83.9 Å². The molecular weight excluding hydrogens is 380 g/mol. The highest BCUT2D eigenvalue weighted by atomic mass is 32.2. The summed E-state index contributed by atoms with van der Waals surface area (Å²) in [5.74, 6) is -0.122. The highest BCUT2D eigenvalue weighted by Crippen LogP contribution is 2.41. The van der Waals surface area contributed by atoms with Crippen LogP contribution in [0.25, 0.3) is 21.5 Å². The van der Waals surface area contributed by atoms with Crippen molar-refractivity contribution in [2.75, 3.05) is 14.1 Å². The number of nitrogens with zero attached hydrogens (tertiary/aromatic N) is 1. The molecular formula is C24H19N2O2S+. The molecule has 0 fully saturated rings. The Bertz CT molecular complexity index is 1300. The standard InChI is InChI=1S/C24H18N2O2S/c1-25-23(27)17-11-3-7-15-9-5-13-19(21(15)17)29-20-14-6-10-16-8-4-12-18(22(16)20)24(28)26(29)2/h3-14H,1-2H3/p+1. The highest BCUT2D eigenvalue weighted by Gasteiger charge is 2.44. The molecule has 4 aromatic rings. The first-order valence-electron chi connectivity index (χ1n) is 9.40. The average Bonchev–Trinajstić information content (AvgIpc) is 2.76. The van der Waals surface area contributed by atoms with Gasteiger partial charge >= 0.3 is 0 Å². The molecule has 4 nitrogen and oxygen atoms in total. The van der Waals surface area contributed by atoms with Crippen molar-refractivity contribution in [1.82, 2.24) is 9.62 Å². The van der Waals surface area contributed by atoms with Crippen LogP contribution in [0.3, 0.4) is 0 Å². The topological polar surface area (TPSA) is 49.4 Å². The molecule has 1 N–H and O–H groups in total. The average molecular weight is 399 g/mol. The summed E-state index contributed by atoms with van der Waals surface area (Å²) in [5, 5.41) is 6.70. The first-order valence-corrected chi connectivity index (χ1v) is 10.6. The van der Waals surface area contributed by atoms with E-state index >= 15 is 0 Å². The SMILES string of the molecule is CNC(=O)c1cccc2cccc([S+]3c4cccc5cccc(c45)C(=O)N3C)c12. The Morgan fingerprint density at radius 1 is 0.828 bits per heavy atom. The Labute approximate surface area is 171 Å². The fourth-order valence-corrected chi connectivity index (χ4v) is 6.45. The smallest absolute Gasteiger partial charge is 0.296 e. The lowest BCUT2D eigenvalue weighted by Gasteiger charge is -2.25. The maximum Gasteiger partial charge on any atom is 0.296 e. The number of benzene rings is 4. The molecule has 0 aliphatic carbocycles. The van der Waals surface area contributed by atoms with Crippen LogP contribution in [0.15, 0.2) is 82.6 Å². The maximum atomic E-state index is 13.3. The molecule has 0 bridgehead atoms. The molecule has 0 saturated carbocycles. The summed E-state index contributed by atoms with van der Waals surface area (Å²) in [6, 6.07) is 23.8. The number of nitrogens with one attached hydrogen (secondary N) is 1. The third-order valence-electron chi connectivity index (χ3n) is 5.41. The fraction of sp³-hybridized carbons (Fsp3) is 0.0833. The van der Waals surface area contributed by atoms with Gasteiger partial charge in [0.25, 0.3) is 11.8 Å². The van der Waals surface area contributed by atoms with Gasteiger partial charge in [-0.15, -0.1) is 4.31 Å². The number of fused-ring (bicyclic) bond motifs is 1. The zero-order chi connectivity index (χ0) is 20.1. The minimum absolute atomic E-state index is 0.00654. The second kappa shape index (κ2) is 6.64. The van der Waals surface area contributed by atoms with Crippen LogP contribution in [0.4, 0.5) is 0 Å². The number of amides is 2. The summed E-state index contributed by atoms with van der Waals surface area (Å²) >= 11 is -0.631. The van der Waals surface area contributed by atoms with Crippen LogP contribution in [0.2, 0.25) is 0 Å². The lowest BCUT2D eigenvalue weighted by atomic mass is 10.0. The molecule has 1 heterocycles. The quantitative estimate of drug-likeness (QED) is 0.508. The molecule has 142 valence electrons. The van der Waals surface area contributed by atoms with Crippen LogP contribution in [0.1, 0.15) is 20.7 Å². The summed E-state index contributed by atoms with van der Waals surface area (Å²) in [4.78, 5) is 28.0. The van der Waals surface area contributed by atoms with E-state index in [0.29, 0.717) is 5.56 Å². The highest BCUT2D eigenvalue weighted by molar-refractivity contribution is 7.95. The minimum atomic E-state index is -0.631. The first kappa shape index (κ1) is 17.8. The zero-order valence-corrected chi connectivity index (χ0v) is 16.9. The molecule has 2 amide bonds. The van der Waals surface area contributed by atoms with Crippen LogP contribution < -0.4 is 5.32 Å². The summed E-state index contributed by atoms with van der Waals surface area (Å²) in [5.41, 5.74) is 1.36. The molecule has 4 aromatic carbocycles. The Balaban J connectivity index is 1.88. The summed E-state index contributed by atoms with van der Waals surface area (Å²) in [6.07, 6.45) is 0. The number of carbonyl (C=O) groups is 2. The maximum absolute atomic E-state index is 13.3. The van der Waals surface area contributed by atoms with Crippen LogP contribution in [-0.4, -0.2) is 30.2 Å². The van der Waals surface area contributed by atoms with Gasteiger partial charge in [0, 0.05) is 7.05 Å².